The second-order valence-corrected chi connectivity index (χ2v) is 5.33. The minimum atomic E-state index is -0.383. The Morgan fingerprint density at radius 2 is 1.65 bits per heavy atom. The largest absolute Gasteiger partial charge is 0.464 e. The number of aromatic nitrogens is 3. The van der Waals surface area contributed by atoms with E-state index in [1.54, 1.807) is 0 Å². The fourth-order valence-electron chi connectivity index (χ4n) is 3.01. The number of rotatable bonds is 2. The van der Waals surface area contributed by atoms with E-state index in [2.05, 4.69) is 9.55 Å². The average Bonchev–Trinajstić information content (AvgIpc) is 3.07. The Morgan fingerprint density at radius 1 is 1.00 bits per heavy atom. The fourth-order valence-corrected chi connectivity index (χ4v) is 3.01. The van der Waals surface area contributed by atoms with Crippen molar-refractivity contribution in [3.8, 4) is 5.69 Å². The van der Waals surface area contributed by atoms with Crippen LogP contribution in [0, 0.1) is 6.92 Å². The molecule has 0 radical (unpaired) electrons. The van der Waals surface area contributed by atoms with Crippen molar-refractivity contribution in [3.05, 3.63) is 66.0 Å². The van der Waals surface area contributed by atoms with Gasteiger partial charge in [-0.15, -0.1) is 0 Å². The van der Waals surface area contributed by atoms with Crippen LogP contribution in [0.25, 0.3) is 22.5 Å². The highest BCUT2D eigenvalue weighted by Crippen LogP contribution is 2.27. The van der Waals surface area contributed by atoms with Crippen molar-refractivity contribution in [1.29, 1.82) is 0 Å². The zero-order valence-electron chi connectivity index (χ0n) is 12.9. The molecule has 0 spiro atoms. The summed E-state index contributed by atoms with van der Waals surface area (Å²) in [5, 5.41) is 0. The summed E-state index contributed by atoms with van der Waals surface area (Å²) in [5.74, 6) is 0.321. The van der Waals surface area contributed by atoms with Gasteiger partial charge in [-0.05, 0) is 31.2 Å². The maximum absolute atomic E-state index is 12.2. The maximum atomic E-state index is 12.2. The molecule has 4 aromatic rings. The molecule has 0 fully saturated rings. The molecule has 2 aromatic heterocycles. The Labute approximate surface area is 132 Å². The molecule has 0 aliphatic rings. The SMILES string of the molecule is COC(=O)c1c(C)nc2n(-c3ccccc3)c3ccccc3n12. The van der Waals surface area contributed by atoms with E-state index in [0.717, 1.165) is 16.7 Å². The van der Waals surface area contributed by atoms with Crippen molar-refractivity contribution in [2.75, 3.05) is 7.11 Å². The number of imidazole rings is 2. The quantitative estimate of drug-likeness (QED) is 0.533. The molecular weight excluding hydrogens is 290 g/mol. The molecule has 2 aromatic carbocycles. The van der Waals surface area contributed by atoms with Gasteiger partial charge in [0.1, 0.15) is 0 Å². The van der Waals surface area contributed by atoms with E-state index in [1.807, 2.05) is 65.9 Å². The van der Waals surface area contributed by atoms with Gasteiger partial charge in [-0.25, -0.2) is 9.78 Å². The number of para-hydroxylation sites is 3. The predicted molar refractivity (Wildman–Crippen MR) is 88.1 cm³/mol. The van der Waals surface area contributed by atoms with Crippen LogP contribution in [-0.2, 0) is 4.74 Å². The zero-order valence-corrected chi connectivity index (χ0v) is 12.9. The van der Waals surface area contributed by atoms with Crippen molar-refractivity contribution in [3.63, 3.8) is 0 Å². The van der Waals surface area contributed by atoms with Crippen molar-refractivity contribution in [2.45, 2.75) is 6.92 Å². The normalized spacial score (nSPS) is 11.2. The van der Waals surface area contributed by atoms with Crippen LogP contribution in [0.1, 0.15) is 16.2 Å². The van der Waals surface area contributed by atoms with Crippen LogP contribution in [0.2, 0.25) is 0 Å². The summed E-state index contributed by atoms with van der Waals surface area (Å²) in [7, 11) is 1.39. The molecule has 0 atom stereocenters. The number of fused-ring (bicyclic) bond motifs is 3. The van der Waals surface area contributed by atoms with Gasteiger partial charge < -0.3 is 4.74 Å². The van der Waals surface area contributed by atoms with Crippen LogP contribution >= 0.6 is 0 Å². The minimum Gasteiger partial charge on any atom is -0.464 e. The second-order valence-electron chi connectivity index (χ2n) is 5.33. The number of esters is 1. The Kier molecular flexibility index (Phi) is 2.94. The average molecular weight is 305 g/mol. The van der Waals surface area contributed by atoms with Gasteiger partial charge >= 0.3 is 5.97 Å². The molecule has 0 unspecified atom stereocenters. The number of hydrogen-bond donors (Lipinski definition) is 0. The third kappa shape index (κ3) is 1.86. The molecule has 0 saturated carbocycles. The lowest BCUT2D eigenvalue weighted by Gasteiger charge is -2.04. The van der Waals surface area contributed by atoms with E-state index in [1.165, 1.54) is 7.11 Å². The summed E-state index contributed by atoms with van der Waals surface area (Å²) in [4.78, 5) is 16.8. The van der Waals surface area contributed by atoms with Gasteiger partial charge in [-0.2, -0.15) is 0 Å². The number of nitrogens with zero attached hydrogens (tertiary/aromatic N) is 3. The number of hydrogen-bond acceptors (Lipinski definition) is 3. The highest BCUT2D eigenvalue weighted by atomic mass is 16.5. The standard InChI is InChI=1S/C18H15N3O2/c1-12-16(17(22)23-2)21-15-11-7-6-10-14(15)20(18(21)19-12)13-8-4-3-5-9-13/h3-11H,1-2H3. The van der Waals surface area contributed by atoms with E-state index in [9.17, 15) is 4.79 Å². The van der Waals surface area contributed by atoms with Crippen molar-refractivity contribution >= 4 is 22.8 Å². The molecule has 23 heavy (non-hydrogen) atoms. The van der Waals surface area contributed by atoms with Crippen LogP contribution in [0.4, 0.5) is 0 Å². The Hall–Kier alpha value is -3.08. The van der Waals surface area contributed by atoms with E-state index >= 15 is 0 Å². The lowest BCUT2D eigenvalue weighted by Crippen LogP contribution is -2.06. The summed E-state index contributed by atoms with van der Waals surface area (Å²) >= 11 is 0. The molecule has 114 valence electrons. The first-order valence-corrected chi connectivity index (χ1v) is 7.34. The van der Waals surface area contributed by atoms with Gasteiger partial charge in [0.2, 0.25) is 5.78 Å². The molecule has 0 amide bonds. The number of methoxy groups -OCH3 is 1. The Balaban J connectivity index is 2.20. The molecule has 5 heteroatoms. The van der Waals surface area contributed by atoms with Gasteiger partial charge in [0.25, 0.3) is 0 Å². The smallest absolute Gasteiger partial charge is 0.357 e. The van der Waals surface area contributed by atoms with E-state index < -0.39 is 0 Å². The lowest BCUT2D eigenvalue weighted by molar-refractivity contribution is 0.0592. The van der Waals surface area contributed by atoms with Gasteiger partial charge in [0.05, 0.1) is 23.8 Å². The molecular formula is C18H15N3O2. The molecule has 5 nitrogen and oxygen atoms in total. The summed E-state index contributed by atoms with van der Waals surface area (Å²) in [6, 6.07) is 17.9. The summed E-state index contributed by atoms with van der Waals surface area (Å²) < 4.78 is 8.85. The van der Waals surface area contributed by atoms with Crippen molar-refractivity contribution in [1.82, 2.24) is 14.0 Å². The third-order valence-electron chi connectivity index (χ3n) is 3.99. The fraction of sp³-hybridized carbons (Fsp3) is 0.111. The first-order chi connectivity index (χ1) is 11.2. The minimum absolute atomic E-state index is 0.383. The summed E-state index contributed by atoms with van der Waals surface area (Å²) in [6.07, 6.45) is 0. The highest BCUT2D eigenvalue weighted by Gasteiger charge is 2.23. The van der Waals surface area contributed by atoms with Gasteiger partial charge in [0, 0.05) is 5.69 Å². The highest BCUT2D eigenvalue weighted by molar-refractivity contribution is 5.94. The van der Waals surface area contributed by atoms with Gasteiger partial charge in [-0.3, -0.25) is 8.97 Å². The van der Waals surface area contributed by atoms with Crippen molar-refractivity contribution < 1.29 is 9.53 Å². The predicted octanol–water partition coefficient (Wildman–Crippen LogP) is 3.37. The van der Waals surface area contributed by atoms with Crippen LogP contribution in [-0.4, -0.2) is 27.0 Å². The molecule has 0 aliphatic carbocycles. The molecule has 0 saturated heterocycles. The number of benzene rings is 2. The molecule has 0 aliphatic heterocycles. The van der Waals surface area contributed by atoms with Gasteiger partial charge in [-0.1, -0.05) is 30.3 Å². The first kappa shape index (κ1) is 13.6. The topological polar surface area (TPSA) is 48.5 Å². The van der Waals surface area contributed by atoms with Gasteiger partial charge in [0.15, 0.2) is 5.69 Å². The first-order valence-electron chi connectivity index (χ1n) is 7.34. The van der Waals surface area contributed by atoms with Crippen LogP contribution < -0.4 is 0 Å². The van der Waals surface area contributed by atoms with Crippen molar-refractivity contribution in [2.24, 2.45) is 0 Å². The number of ether oxygens (including phenoxy) is 1. The van der Waals surface area contributed by atoms with Crippen LogP contribution in [0.3, 0.4) is 0 Å². The molecule has 2 heterocycles. The molecule has 4 rings (SSSR count). The summed E-state index contributed by atoms with van der Waals surface area (Å²) in [5.41, 5.74) is 4.04. The molecule has 0 N–H and O–H groups in total. The summed E-state index contributed by atoms with van der Waals surface area (Å²) in [6.45, 7) is 1.82. The lowest BCUT2D eigenvalue weighted by atomic mass is 10.2. The maximum Gasteiger partial charge on any atom is 0.357 e. The van der Waals surface area contributed by atoms with Crippen LogP contribution in [0.5, 0.6) is 0 Å². The molecule has 0 bridgehead atoms. The number of carbonyl (C=O) groups is 1. The van der Waals surface area contributed by atoms with E-state index in [0.29, 0.717) is 17.2 Å². The Bertz CT molecular complexity index is 1030. The second kappa shape index (κ2) is 4.98. The van der Waals surface area contributed by atoms with Crippen LogP contribution in [0.15, 0.2) is 54.6 Å². The third-order valence-corrected chi connectivity index (χ3v) is 3.99. The monoisotopic (exact) mass is 305 g/mol. The number of carbonyl (C=O) groups excluding carboxylic acids is 1. The van der Waals surface area contributed by atoms with E-state index in [4.69, 9.17) is 4.74 Å². The zero-order chi connectivity index (χ0) is 16.0. The Morgan fingerprint density at radius 3 is 2.35 bits per heavy atom. The number of aryl methyl sites for hydroxylation is 1. The van der Waals surface area contributed by atoms with E-state index in [-0.39, 0.29) is 5.97 Å².